The van der Waals surface area contributed by atoms with Crippen molar-refractivity contribution in [1.29, 1.82) is 0 Å². The topological polar surface area (TPSA) is 74.8 Å². The summed E-state index contributed by atoms with van der Waals surface area (Å²) in [4.78, 5) is 23.8. The van der Waals surface area contributed by atoms with Gasteiger partial charge in [-0.3, -0.25) is 9.89 Å². The molecule has 2 aromatic rings. The van der Waals surface area contributed by atoms with E-state index in [4.69, 9.17) is 0 Å². The quantitative estimate of drug-likeness (QED) is 0.925. The predicted octanol–water partition coefficient (Wildman–Crippen LogP) is 2.88. The predicted molar refractivity (Wildman–Crippen MR) is 87.5 cm³/mol. The van der Waals surface area contributed by atoms with Gasteiger partial charge in [-0.15, -0.1) is 0 Å². The SMILES string of the molecule is Cc1nc(-c2ccn[nH]2)cc([C@@H]2CCCN2C(=O)C(C)(C)C)n1. The zero-order valence-corrected chi connectivity index (χ0v) is 14.1. The van der Waals surface area contributed by atoms with Crippen LogP contribution < -0.4 is 0 Å². The van der Waals surface area contributed by atoms with Crippen LogP contribution in [-0.4, -0.2) is 37.5 Å². The number of rotatable bonds is 2. The van der Waals surface area contributed by atoms with Crippen molar-refractivity contribution < 1.29 is 4.79 Å². The number of carbonyl (C=O) groups excluding carboxylic acids is 1. The van der Waals surface area contributed by atoms with Crippen molar-refractivity contribution in [3.05, 3.63) is 29.8 Å². The normalized spacial score (nSPS) is 18.4. The number of H-pyrrole nitrogens is 1. The molecule has 0 bridgehead atoms. The van der Waals surface area contributed by atoms with Crippen molar-refractivity contribution in [3.63, 3.8) is 0 Å². The second kappa shape index (κ2) is 5.76. The van der Waals surface area contributed by atoms with Crippen LogP contribution in [-0.2, 0) is 4.79 Å². The van der Waals surface area contributed by atoms with Gasteiger partial charge in [-0.25, -0.2) is 9.97 Å². The number of likely N-dealkylation sites (tertiary alicyclic amines) is 1. The minimum Gasteiger partial charge on any atom is -0.334 e. The fraction of sp³-hybridized carbons (Fsp3) is 0.529. The first-order chi connectivity index (χ1) is 10.9. The number of nitrogens with one attached hydrogen (secondary N) is 1. The average Bonchev–Trinajstić information content (AvgIpc) is 3.16. The minimum atomic E-state index is -0.378. The smallest absolute Gasteiger partial charge is 0.228 e. The molecule has 0 unspecified atom stereocenters. The number of hydrogen-bond donors (Lipinski definition) is 1. The summed E-state index contributed by atoms with van der Waals surface area (Å²) < 4.78 is 0. The molecule has 6 heteroatoms. The van der Waals surface area contributed by atoms with Gasteiger partial charge in [0.15, 0.2) is 0 Å². The lowest BCUT2D eigenvalue weighted by Gasteiger charge is -2.30. The van der Waals surface area contributed by atoms with E-state index in [1.54, 1.807) is 6.20 Å². The highest BCUT2D eigenvalue weighted by Crippen LogP contribution is 2.35. The third kappa shape index (κ3) is 3.11. The average molecular weight is 313 g/mol. The maximum atomic E-state index is 12.7. The van der Waals surface area contributed by atoms with Crippen molar-refractivity contribution in [1.82, 2.24) is 25.1 Å². The Morgan fingerprint density at radius 2 is 2.13 bits per heavy atom. The Morgan fingerprint density at radius 1 is 1.35 bits per heavy atom. The van der Waals surface area contributed by atoms with Crippen LogP contribution in [0.1, 0.15) is 51.2 Å². The van der Waals surface area contributed by atoms with Crippen LogP contribution in [0.15, 0.2) is 18.3 Å². The highest BCUT2D eigenvalue weighted by Gasteiger charge is 2.36. The fourth-order valence-electron chi connectivity index (χ4n) is 3.05. The number of aryl methyl sites for hydroxylation is 1. The minimum absolute atomic E-state index is 0.0325. The van der Waals surface area contributed by atoms with Crippen LogP contribution in [0.25, 0.3) is 11.4 Å². The summed E-state index contributed by atoms with van der Waals surface area (Å²) in [5.41, 5.74) is 2.22. The summed E-state index contributed by atoms with van der Waals surface area (Å²) in [6.45, 7) is 8.57. The Kier molecular flexibility index (Phi) is 3.92. The molecular formula is C17H23N5O. The fourth-order valence-corrected chi connectivity index (χ4v) is 3.05. The molecule has 3 rings (SSSR count). The van der Waals surface area contributed by atoms with Crippen LogP contribution in [0.2, 0.25) is 0 Å². The van der Waals surface area contributed by atoms with Crippen LogP contribution in [0, 0.1) is 12.3 Å². The molecule has 1 aliphatic rings. The van der Waals surface area contributed by atoms with Gasteiger partial charge in [0.05, 0.1) is 23.1 Å². The molecule has 0 aromatic carbocycles. The first-order valence-electron chi connectivity index (χ1n) is 8.02. The summed E-state index contributed by atoms with van der Waals surface area (Å²) in [6, 6.07) is 3.89. The van der Waals surface area contributed by atoms with Crippen LogP contribution >= 0.6 is 0 Å². The standard InChI is InChI=1S/C17H23N5O/c1-11-19-13(12-7-8-18-21-12)10-14(20-11)15-6-5-9-22(15)16(23)17(2,3)4/h7-8,10,15H,5-6,9H2,1-4H3,(H,18,21)/t15-/m0/s1. The summed E-state index contributed by atoms with van der Waals surface area (Å²) >= 11 is 0. The van der Waals surface area contributed by atoms with Crippen molar-refractivity contribution in [2.45, 2.75) is 46.6 Å². The van der Waals surface area contributed by atoms with E-state index in [9.17, 15) is 4.79 Å². The van der Waals surface area contributed by atoms with E-state index < -0.39 is 0 Å². The Labute approximate surface area is 136 Å². The summed E-state index contributed by atoms with van der Waals surface area (Å²) in [6.07, 6.45) is 3.66. The molecule has 1 N–H and O–H groups in total. The van der Waals surface area contributed by atoms with Gasteiger partial charge in [-0.1, -0.05) is 20.8 Å². The van der Waals surface area contributed by atoms with Gasteiger partial charge in [0.2, 0.25) is 5.91 Å². The summed E-state index contributed by atoms with van der Waals surface area (Å²) in [5, 5.41) is 6.92. The number of aromatic amines is 1. The zero-order chi connectivity index (χ0) is 16.6. The number of nitrogens with zero attached hydrogens (tertiary/aromatic N) is 4. The number of hydrogen-bond acceptors (Lipinski definition) is 4. The molecule has 3 heterocycles. The lowest BCUT2D eigenvalue weighted by molar-refractivity contribution is -0.140. The second-order valence-corrected chi connectivity index (χ2v) is 7.10. The van der Waals surface area contributed by atoms with Crippen LogP contribution in [0.3, 0.4) is 0 Å². The second-order valence-electron chi connectivity index (χ2n) is 7.10. The largest absolute Gasteiger partial charge is 0.334 e. The van der Waals surface area contributed by atoms with Gasteiger partial charge in [-0.05, 0) is 31.9 Å². The highest BCUT2D eigenvalue weighted by atomic mass is 16.2. The van der Waals surface area contributed by atoms with Crippen LogP contribution in [0.4, 0.5) is 0 Å². The highest BCUT2D eigenvalue weighted by molar-refractivity contribution is 5.82. The van der Waals surface area contributed by atoms with E-state index in [2.05, 4.69) is 20.2 Å². The van der Waals surface area contributed by atoms with Crippen molar-refractivity contribution in [2.24, 2.45) is 5.41 Å². The Balaban J connectivity index is 1.96. The van der Waals surface area contributed by atoms with Crippen LogP contribution in [0.5, 0.6) is 0 Å². The summed E-state index contributed by atoms with van der Waals surface area (Å²) in [5.74, 6) is 0.890. The molecular weight excluding hydrogens is 290 g/mol. The molecule has 0 saturated carbocycles. The molecule has 6 nitrogen and oxygen atoms in total. The van der Waals surface area contributed by atoms with Crippen molar-refractivity contribution in [2.75, 3.05) is 6.54 Å². The van der Waals surface area contributed by atoms with E-state index in [1.165, 1.54) is 0 Å². The molecule has 1 amide bonds. The molecule has 0 radical (unpaired) electrons. The van der Waals surface area contributed by atoms with Gasteiger partial charge in [0, 0.05) is 18.2 Å². The first kappa shape index (κ1) is 15.6. The molecule has 2 aromatic heterocycles. The molecule has 1 fully saturated rings. The third-order valence-corrected chi connectivity index (χ3v) is 4.13. The summed E-state index contributed by atoms with van der Waals surface area (Å²) in [7, 11) is 0. The third-order valence-electron chi connectivity index (χ3n) is 4.13. The molecule has 1 aliphatic heterocycles. The zero-order valence-electron chi connectivity index (χ0n) is 14.1. The Bertz CT molecular complexity index is 702. The van der Waals surface area contributed by atoms with Crippen molar-refractivity contribution >= 4 is 5.91 Å². The molecule has 0 aliphatic carbocycles. The van der Waals surface area contributed by atoms with E-state index in [1.807, 2.05) is 44.7 Å². The maximum Gasteiger partial charge on any atom is 0.228 e. The van der Waals surface area contributed by atoms with Gasteiger partial charge < -0.3 is 4.90 Å². The number of carbonyl (C=O) groups is 1. The van der Waals surface area contributed by atoms with E-state index >= 15 is 0 Å². The Morgan fingerprint density at radius 3 is 2.78 bits per heavy atom. The molecule has 1 saturated heterocycles. The molecule has 23 heavy (non-hydrogen) atoms. The first-order valence-corrected chi connectivity index (χ1v) is 8.02. The van der Waals surface area contributed by atoms with Gasteiger partial charge in [0.25, 0.3) is 0 Å². The lowest BCUT2D eigenvalue weighted by Crippen LogP contribution is -2.39. The Hall–Kier alpha value is -2.24. The molecule has 122 valence electrons. The van der Waals surface area contributed by atoms with Gasteiger partial charge in [-0.2, -0.15) is 5.10 Å². The molecule has 1 atom stereocenters. The van der Waals surface area contributed by atoms with E-state index in [-0.39, 0.29) is 17.4 Å². The van der Waals surface area contributed by atoms with E-state index in [0.717, 1.165) is 36.5 Å². The van der Waals surface area contributed by atoms with E-state index in [0.29, 0.717) is 5.82 Å². The van der Waals surface area contributed by atoms with Crippen molar-refractivity contribution in [3.8, 4) is 11.4 Å². The lowest BCUT2D eigenvalue weighted by atomic mass is 9.94. The monoisotopic (exact) mass is 313 g/mol. The number of amides is 1. The maximum absolute atomic E-state index is 12.7. The number of aromatic nitrogens is 4. The van der Waals surface area contributed by atoms with Gasteiger partial charge >= 0.3 is 0 Å². The van der Waals surface area contributed by atoms with Gasteiger partial charge in [0.1, 0.15) is 5.82 Å². The molecule has 0 spiro atoms.